The summed E-state index contributed by atoms with van der Waals surface area (Å²) in [6.45, 7) is 0.223. The summed E-state index contributed by atoms with van der Waals surface area (Å²) >= 11 is 4.65. The van der Waals surface area contributed by atoms with Crippen LogP contribution in [-0.2, 0) is 11.4 Å². The number of nitrogens with zero attached hydrogens (tertiary/aromatic N) is 3. The number of methoxy groups -OCH3 is 1. The van der Waals surface area contributed by atoms with Crippen molar-refractivity contribution in [1.29, 1.82) is 5.41 Å². The maximum atomic E-state index is 13.1. The number of halogens is 2. The van der Waals surface area contributed by atoms with E-state index < -0.39 is 5.91 Å². The number of hydrogen-bond donors (Lipinski definition) is 1. The van der Waals surface area contributed by atoms with Gasteiger partial charge in [0.15, 0.2) is 22.5 Å². The normalized spacial score (nSPS) is 16.7. The first-order valence-electron chi connectivity index (χ1n) is 8.64. The van der Waals surface area contributed by atoms with Gasteiger partial charge in [0.05, 0.1) is 22.7 Å². The first-order chi connectivity index (χ1) is 14.5. The number of fused-ring (bicyclic) bond motifs is 1. The number of hydrazone groups is 1. The van der Waals surface area contributed by atoms with Gasteiger partial charge >= 0.3 is 0 Å². The zero-order valence-corrected chi connectivity index (χ0v) is 18.0. The van der Waals surface area contributed by atoms with Gasteiger partial charge in [-0.25, -0.2) is 4.39 Å². The van der Waals surface area contributed by atoms with Crippen LogP contribution in [0.25, 0.3) is 6.08 Å². The lowest BCUT2D eigenvalue weighted by Crippen LogP contribution is -2.35. The Morgan fingerprint density at radius 2 is 2.07 bits per heavy atom. The van der Waals surface area contributed by atoms with Crippen molar-refractivity contribution >= 4 is 56.2 Å². The Morgan fingerprint density at radius 3 is 2.80 bits per heavy atom. The van der Waals surface area contributed by atoms with Gasteiger partial charge in [-0.15, -0.1) is 0 Å². The highest BCUT2D eigenvalue weighted by Gasteiger charge is 2.32. The minimum atomic E-state index is -0.504. The number of aliphatic imine (C=N–C) groups is 1. The van der Waals surface area contributed by atoms with Crippen molar-refractivity contribution in [3.8, 4) is 11.5 Å². The third-order valence-electron chi connectivity index (χ3n) is 4.26. The van der Waals surface area contributed by atoms with Crippen molar-refractivity contribution in [1.82, 2.24) is 5.01 Å². The molecule has 2 heterocycles. The number of nitrogens with one attached hydrogen (secondary N) is 1. The number of rotatable bonds is 5. The number of ether oxygens (including phenoxy) is 2. The van der Waals surface area contributed by atoms with E-state index in [4.69, 9.17) is 14.9 Å². The molecule has 0 saturated carbocycles. The molecule has 7 nitrogen and oxygen atoms in total. The van der Waals surface area contributed by atoms with Gasteiger partial charge in [-0.05, 0) is 69.2 Å². The van der Waals surface area contributed by atoms with Crippen molar-refractivity contribution in [3.63, 3.8) is 0 Å². The summed E-state index contributed by atoms with van der Waals surface area (Å²) in [7, 11) is 1.50. The van der Waals surface area contributed by atoms with Crippen molar-refractivity contribution in [2.45, 2.75) is 6.61 Å². The second kappa shape index (κ2) is 8.41. The van der Waals surface area contributed by atoms with Crippen molar-refractivity contribution in [2.24, 2.45) is 10.1 Å². The van der Waals surface area contributed by atoms with Gasteiger partial charge in [0.25, 0.3) is 5.91 Å². The molecule has 0 aromatic heterocycles. The van der Waals surface area contributed by atoms with Crippen LogP contribution in [0.3, 0.4) is 0 Å². The first-order valence-corrected chi connectivity index (χ1v) is 10.3. The van der Waals surface area contributed by atoms with E-state index in [1.807, 2.05) is 0 Å². The molecule has 0 spiro atoms. The van der Waals surface area contributed by atoms with Crippen LogP contribution in [0.5, 0.6) is 11.5 Å². The number of hydrogen-bond acceptors (Lipinski definition) is 6. The average Bonchev–Trinajstić information content (AvgIpc) is 3.19. The first kappa shape index (κ1) is 20.3. The lowest BCUT2D eigenvalue weighted by atomic mass is 10.1. The molecule has 4 rings (SSSR count). The Bertz CT molecular complexity index is 1130. The highest BCUT2D eigenvalue weighted by Crippen LogP contribution is 2.38. The quantitative estimate of drug-likeness (QED) is 0.629. The molecule has 0 radical (unpaired) electrons. The lowest BCUT2D eigenvalue weighted by Gasteiger charge is -2.20. The summed E-state index contributed by atoms with van der Waals surface area (Å²) in [5.41, 5.74) is 3.06. The molecule has 0 saturated heterocycles. The monoisotopic (exact) mass is 488 g/mol. The van der Waals surface area contributed by atoms with Crippen LogP contribution in [-0.4, -0.2) is 34.6 Å². The minimum Gasteiger partial charge on any atom is -0.493 e. The van der Waals surface area contributed by atoms with Crippen LogP contribution in [0, 0.1) is 11.2 Å². The second-order valence-corrected chi connectivity index (χ2v) is 7.87. The number of thioether (sulfide) groups is 1. The van der Waals surface area contributed by atoms with Crippen LogP contribution < -0.4 is 9.47 Å². The summed E-state index contributed by atoms with van der Waals surface area (Å²) in [5, 5.41) is 14.0. The second-order valence-electron chi connectivity index (χ2n) is 6.21. The van der Waals surface area contributed by atoms with Crippen LogP contribution >= 0.6 is 27.7 Å². The van der Waals surface area contributed by atoms with Gasteiger partial charge in [-0.3, -0.25) is 10.2 Å². The fraction of sp³-hybridized carbons (Fsp3) is 0.100. The molecule has 30 heavy (non-hydrogen) atoms. The summed E-state index contributed by atoms with van der Waals surface area (Å²) in [4.78, 5) is 16.3. The SMILES string of the molecule is COc1cc(C=C2C(=N)N3N=CSC3=NC2=O)cc(Br)c1OCc1ccc(F)cc1. The highest BCUT2D eigenvalue weighted by atomic mass is 79.9. The Morgan fingerprint density at radius 1 is 1.30 bits per heavy atom. The predicted octanol–water partition coefficient (Wildman–Crippen LogP) is 4.42. The Labute approximate surface area is 183 Å². The van der Waals surface area contributed by atoms with Crippen LogP contribution in [0.15, 0.2) is 56.5 Å². The summed E-state index contributed by atoms with van der Waals surface area (Å²) in [5.74, 6) is 0.0447. The van der Waals surface area contributed by atoms with Gasteiger partial charge in [-0.1, -0.05) is 12.1 Å². The largest absolute Gasteiger partial charge is 0.493 e. The zero-order chi connectivity index (χ0) is 21.3. The van der Waals surface area contributed by atoms with Crippen LogP contribution in [0.4, 0.5) is 4.39 Å². The van der Waals surface area contributed by atoms with Crippen LogP contribution in [0.2, 0.25) is 0 Å². The fourth-order valence-electron chi connectivity index (χ4n) is 2.80. The number of amides is 1. The van der Waals surface area contributed by atoms with E-state index in [1.54, 1.807) is 30.3 Å². The van der Waals surface area contributed by atoms with E-state index in [1.165, 1.54) is 41.6 Å². The number of carbonyl (C=O) groups is 1. The lowest BCUT2D eigenvalue weighted by molar-refractivity contribution is -0.114. The Hall–Kier alpha value is -2.98. The zero-order valence-electron chi connectivity index (χ0n) is 15.6. The molecule has 1 amide bonds. The third kappa shape index (κ3) is 4.01. The molecule has 0 bridgehead atoms. The average molecular weight is 489 g/mol. The maximum absolute atomic E-state index is 13.1. The van der Waals surface area contributed by atoms with Gasteiger partial charge in [0.2, 0.25) is 0 Å². The van der Waals surface area contributed by atoms with Crippen LogP contribution in [0.1, 0.15) is 11.1 Å². The summed E-state index contributed by atoms with van der Waals surface area (Å²) in [6.07, 6.45) is 1.56. The molecule has 2 aliphatic heterocycles. The van der Waals surface area contributed by atoms with E-state index >= 15 is 0 Å². The van der Waals surface area contributed by atoms with E-state index in [0.717, 1.165) is 5.56 Å². The number of benzene rings is 2. The van der Waals surface area contributed by atoms with Crippen molar-refractivity contribution in [3.05, 3.63) is 63.4 Å². The molecule has 2 aromatic carbocycles. The predicted molar refractivity (Wildman–Crippen MR) is 117 cm³/mol. The molecule has 2 aromatic rings. The molecule has 10 heteroatoms. The molecule has 1 N–H and O–H groups in total. The summed E-state index contributed by atoms with van der Waals surface area (Å²) < 4.78 is 25.0. The maximum Gasteiger partial charge on any atom is 0.283 e. The van der Waals surface area contributed by atoms with Gasteiger partial charge < -0.3 is 9.47 Å². The molecule has 0 fully saturated rings. The van der Waals surface area contributed by atoms with Crippen molar-refractivity contribution < 1.29 is 18.7 Å². The van der Waals surface area contributed by atoms with E-state index in [-0.39, 0.29) is 23.8 Å². The Balaban J connectivity index is 1.61. The Kier molecular flexibility index (Phi) is 5.69. The fourth-order valence-corrected chi connectivity index (χ4v) is 3.99. The summed E-state index contributed by atoms with van der Waals surface area (Å²) in [6, 6.07) is 9.46. The third-order valence-corrected chi connectivity index (χ3v) is 5.52. The van der Waals surface area contributed by atoms with E-state index in [2.05, 4.69) is 26.0 Å². The van der Waals surface area contributed by atoms with E-state index in [9.17, 15) is 9.18 Å². The molecule has 0 aliphatic carbocycles. The van der Waals surface area contributed by atoms with Gasteiger partial charge in [0.1, 0.15) is 12.4 Å². The standard InChI is InChI=1S/C20H14BrFN4O3S/c1-28-16-8-12(6-14-18(23)26-20(25-19(14)27)30-10-24-26)7-15(21)17(16)29-9-11-2-4-13(22)5-3-11/h2-8,10,23H,9H2,1H3. The molecule has 0 atom stereocenters. The highest BCUT2D eigenvalue weighted by molar-refractivity contribution is 9.10. The van der Waals surface area contributed by atoms with Gasteiger partial charge in [-0.2, -0.15) is 15.1 Å². The molecule has 2 aliphatic rings. The van der Waals surface area contributed by atoms with Crippen molar-refractivity contribution in [2.75, 3.05) is 7.11 Å². The van der Waals surface area contributed by atoms with Gasteiger partial charge in [0, 0.05) is 0 Å². The van der Waals surface area contributed by atoms with E-state index in [0.29, 0.717) is 26.7 Å². The number of amidine groups is 2. The topological polar surface area (TPSA) is 87.3 Å². The molecular weight excluding hydrogens is 475 g/mol. The minimum absolute atomic E-state index is 0.0435. The molecule has 0 unspecified atom stereocenters. The molecular formula is C20H14BrFN4O3S. The number of carbonyl (C=O) groups excluding carboxylic acids is 1. The molecule has 152 valence electrons. The smallest absolute Gasteiger partial charge is 0.283 e.